The molecule has 0 bridgehead atoms. The summed E-state index contributed by atoms with van der Waals surface area (Å²) in [7, 11) is -1.86. The van der Waals surface area contributed by atoms with Gasteiger partial charge < -0.3 is 9.74 Å². The summed E-state index contributed by atoms with van der Waals surface area (Å²) in [5.74, 6) is 6.68. The highest BCUT2D eigenvalue weighted by Gasteiger charge is 2.45. The van der Waals surface area contributed by atoms with E-state index in [4.69, 9.17) is 4.43 Å². The van der Waals surface area contributed by atoms with Gasteiger partial charge in [0.15, 0.2) is 8.32 Å². The Morgan fingerprint density at radius 1 is 0.909 bits per heavy atom. The van der Waals surface area contributed by atoms with Gasteiger partial charge in [0.2, 0.25) is 0 Å². The second-order valence-corrected chi connectivity index (χ2v) is 16.3. The summed E-state index contributed by atoms with van der Waals surface area (Å²) in [5.41, 5.74) is 2.95. The third-order valence-electron chi connectivity index (χ3n) is 6.83. The molecule has 0 aromatic heterocycles. The van der Waals surface area contributed by atoms with Crippen molar-refractivity contribution in [2.75, 3.05) is 13.2 Å². The molecule has 2 rings (SSSR count). The van der Waals surface area contributed by atoms with Gasteiger partial charge in [-0.15, -0.1) is 0 Å². The van der Waals surface area contributed by atoms with Gasteiger partial charge in [-0.25, -0.2) is 0 Å². The van der Waals surface area contributed by atoms with E-state index < -0.39 is 8.32 Å². The van der Waals surface area contributed by atoms with E-state index in [1.165, 1.54) is 16.3 Å². The first-order valence-electron chi connectivity index (χ1n) is 12.5. The molecule has 2 aromatic rings. The van der Waals surface area contributed by atoms with Crippen LogP contribution >= 0.6 is 0 Å². The number of fused-ring (bicyclic) bond motifs is 1. The average molecular weight is 464 g/mol. The third kappa shape index (κ3) is 7.06. The van der Waals surface area contributed by atoms with Gasteiger partial charge in [-0.1, -0.05) is 102 Å². The average Bonchev–Trinajstić information content (AvgIpc) is 2.75. The van der Waals surface area contributed by atoms with Crippen molar-refractivity contribution in [1.29, 1.82) is 0 Å². The highest BCUT2D eigenvalue weighted by Crippen LogP contribution is 2.43. The number of nitrogens with one attached hydrogen (secondary N) is 1. The molecule has 33 heavy (non-hydrogen) atoms. The normalized spacial score (nSPS) is 13.8. The molecule has 0 saturated heterocycles. The van der Waals surface area contributed by atoms with Crippen LogP contribution in [0.15, 0.2) is 54.6 Å². The molecular weight excluding hydrogens is 418 g/mol. The van der Waals surface area contributed by atoms with Crippen LogP contribution in [-0.2, 0) is 4.43 Å². The third-order valence-corrected chi connectivity index (χ3v) is 12.9. The topological polar surface area (TPSA) is 21.3 Å². The molecule has 0 aliphatic carbocycles. The van der Waals surface area contributed by atoms with Crippen LogP contribution in [0.3, 0.4) is 0 Å². The van der Waals surface area contributed by atoms with Crippen LogP contribution in [0.25, 0.3) is 10.8 Å². The summed E-state index contributed by atoms with van der Waals surface area (Å²) in [6, 6.07) is 15.4. The van der Waals surface area contributed by atoms with Gasteiger partial charge in [0.1, 0.15) is 0 Å². The zero-order chi connectivity index (χ0) is 24.6. The first-order chi connectivity index (χ1) is 15.5. The van der Waals surface area contributed by atoms with E-state index in [2.05, 4.69) is 128 Å². The number of rotatable bonds is 10. The molecule has 0 saturated carbocycles. The van der Waals surface area contributed by atoms with Crippen molar-refractivity contribution in [2.45, 2.75) is 85.0 Å². The van der Waals surface area contributed by atoms with Gasteiger partial charge in [0.25, 0.3) is 0 Å². The Balaban J connectivity index is 1.93. The maximum absolute atomic E-state index is 6.77. The van der Waals surface area contributed by atoms with E-state index in [0.29, 0.717) is 23.2 Å². The molecule has 0 aliphatic rings. The van der Waals surface area contributed by atoms with Gasteiger partial charge in [-0.2, -0.15) is 0 Å². The van der Waals surface area contributed by atoms with E-state index in [9.17, 15) is 0 Å². The van der Waals surface area contributed by atoms with Gasteiger partial charge >= 0.3 is 0 Å². The lowest BCUT2D eigenvalue weighted by atomic mass is 9.96. The first kappa shape index (κ1) is 27.4. The predicted molar refractivity (Wildman–Crippen MR) is 148 cm³/mol. The molecular formula is C30H45NOSi. The predicted octanol–water partition coefficient (Wildman–Crippen LogP) is 8.27. The largest absolute Gasteiger partial charge is 0.415 e. The molecule has 1 N–H and O–H groups in total. The van der Waals surface area contributed by atoms with E-state index in [0.717, 1.165) is 6.54 Å². The molecule has 0 fully saturated rings. The van der Waals surface area contributed by atoms with Crippen molar-refractivity contribution in [3.8, 4) is 11.8 Å². The van der Waals surface area contributed by atoms with Crippen LogP contribution < -0.4 is 5.32 Å². The Kier molecular flexibility index (Phi) is 9.97. The number of hydrogen-bond acceptors (Lipinski definition) is 2. The first-order valence-corrected chi connectivity index (χ1v) is 14.7. The van der Waals surface area contributed by atoms with Crippen LogP contribution in [0.5, 0.6) is 0 Å². The molecule has 180 valence electrons. The lowest BCUT2D eigenvalue weighted by Gasteiger charge is -2.43. The summed E-state index contributed by atoms with van der Waals surface area (Å²) in [6.45, 7) is 22.1. The molecule has 2 aromatic carbocycles. The smallest absolute Gasteiger partial charge is 0.200 e. The summed E-state index contributed by atoms with van der Waals surface area (Å²) in [4.78, 5) is 0. The molecule has 0 heterocycles. The molecule has 1 atom stereocenters. The van der Waals surface area contributed by atoms with Crippen molar-refractivity contribution in [3.05, 3.63) is 60.2 Å². The Labute approximate surface area is 204 Å². The summed E-state index contributed by atoms with van der Waals surface area (Å²) < 4.78 is 6.77. The summed E-state index contributed by atoms with van der Waals surface area (Å²) in [5, 5.41) is 6.20. The van der Waals surface area contributed by atoms with Crippen LogP contribution in [0.2, 0.25) is 16.6 Å². The zero-order valence-corrected chi connectivity index (χ0v) is 23.3. The quantitative estimate of drug-likeness (QED) is 0.283. The van der Waals surface area contributed by atoms with Crippen LogP contribution in [0, 0.1) is 17.3 Å². The van der Waals surface area contributed by atoms with Crippen LogP contribution in [0.1, 0.15) is 73.9 Å². The zero-order valence-electron chi connectivity index (χ0n) is 22.3. The lowest BCUT2D eigenvalue weighted by Crippen LogP contribution is -2.49. The van der Waals surface area contributed by atoms with Crippen molar-refractivity contribution < 1.29 is 4.43 Å². The van der Waals surface area contributed by atoms with Crippen LogP contribution in [-0.4, -0.2) is 21.5 Å². The molecule has 0 radical (unpaired) electrons. The fourth-order valence-electron chi connectivity index (χ4n) is 5.18. The van der Waals surface area contributed by atoms with Crippen molar-refractivity contribution in [1.82, 2.24) is 5.32 Å². The maximum atomic E-state index is 6.77. The molecule has 3 heteroatoms. The maximum Gasteiger partial charge on any atom is 0.200 e. The highest BCUT2D eigenvalue weighted by molar-refractivity contribution is 6.77. The highest BCUT2D eigenvalue weighted by atomic mass is 28.4. The minimum absolute atomic E-state index is 0.162. The fourth-order valence-corrected chi connectivity index (χ4v) is 10.8. The number of allylic oxidation sites excluding steroid dienone is 1. The van der Waals surface area contributed by atoms with Crippen molar-refractivity contribution in [3.63, 3.8) is 0 Å². The monoisotopic (exact) mass is 463 g/mol. The van der Waals surface area contributed by atoms with Crippen molar-refractivity contribution in [2.24, 2.45) is 5.41 Å². The standard InChI is InChI=1S/C30H45NOSi/c1-23(2)33(24(3)4,25(5)6)32-22-30(8,9)20-13-10-14-21-31-26(7)28-19-15-17-27-16-11-12-18-29(27)28/h10-12,14-19,23-26,31H,21-22H2,1-9H3/b14-10+/t26-/m1/s1. The molecule has 0 unspecified atom stereocenters. The summed E-state index contributed by atoms with van der Waals surface area (Å²) >= 11 is 0. The van der Waals surface area contributed by atoms with E-state index in [-0.39, 0.29) is 11.5 Å². The SMILES string of the molecule is CC(C)[Si](OCC(C)(C)C#C/C=C/CN[C@H](C)c1cccc2ccccc12)(C(C)C)C(C)C. The van der Waals surface area contributed by atoms with Gasteiger partial charge in [-0.05, 0) is 59.8 Å². The second-order valence-electron chi connectivity index (χ2n) is 10.9. The Hall–Kier alpha value is -1.86. The summed E-state index contributed by atoms with van der Waals surface area (Å²) in [6.07, 6.45) is 4.09. The van der Waals surface area contributed by atoms with Gasteiger partial charge in [-0.3, -0.25) is 0 Å². The lowest BCUT2D eigenvalue weighted by molar-refractivity contribution is 0.202. The van der Waals surface area contributed by atoms with Crippen LogP contribution in [0.4, 0.5) is 0 Å². The second kappa shape index (κ2) is 12.0. The molecule has 0 spiro atoms. The van der Waals surface area contributed by atoms with E-state index >= 15 is 0 Å². The minimum atomic E-state index is -1.86. The van der Waals surface area contributed by atoms with Gasteiger partial charge in [0, 0.05) is 18.0 Å². The minimum Gasteiger partial charge on any atom is -0.415 e. The Morgan fingerprint density at radius 3 is 2.15 bits per heavy atom. The molecule has 0 amide bonds. The number of benzene rings is 2. The van der Waals surface area contributed by atoms with E-state index in [1.54, 1.807) is 0 Å². The fraction of sp³-hybridized carbons (Fsp3) is 0.533. The van der Waals surface area contributed by atoms with Crippen molar-refractivity contribution >= 4 is 19.1 Å². The Morgan fingerprint density at radius 2 is 1.52 bits per heavy atom. The molecule has 0 aliphatic heterocycles. The Bertz CT molecular complexity index is 950. The van der Waals surface area contributed by atoms with Gasteiger partial charge in [0.05, 0.1) is 6.61 Å². The van der Waals surface area contributed by atoms with E-state index in [1.807, 2.05) is 6.08 Å². The number of hydrogen-bond donors (Lipinski definition) is 1. The molecule has 2 nitrogen and oxygen atoms in total.